The topological polar surface area (TPSA) is 114 Å². The van der Waals surface area contributed by atoms with Crippen LogP contribution in [0.5, 0.6) is 17.2 Å². The van der Waals surface area contributed by atoms with E-state index in [0.717, 1.165) is 24.3 Å². The second-order valence-corrected chi connectivity index (χ2v) is 12.9. The lowest BCUT2D eigenvalue weighted by Gasteiger charge is -2.24. The van der Waals surface area contributed by atoms with Crippen LogP contribution in [0.15, 0.2) is 36.4 Å². The van der Waals surface area contributed by atoms with E-state index in [1.165, 1.54) is 12.7 Å². The van der Waals surface area contributed by atoms with Gasteiger partial charge in [-0.3, -0.25) is 14.7 Å². The molecule has 0 N–H and O–H groups in total. The average molecular weight is 596 g/mol. The van der Waals surface area contributed by atoms with Crippen LogP contribution in [0.2, 0.25) is 5.02 Å². The van der Waals surface area contributed by atoms with Crippen LogP contribution in [-0.2, 0) is 24.8 Å². The van der Waals surface area contributed by atoms with Crippen LogP contribution in [0.3, 0.4) is 0 Å². The maximum absolute atomic E-state index is 13.2. The Hall–Kier alpha value is -2.82. The molecule has 0 fully saturated rings. The second kappa shape index (κ2) is 13.0. The van der Waals surface area contributed by atoms with E-state index in [-0.39, 0.29) is 40.7 Å². The molecule has 0 saturated carbocycles. The van der Waals surface area contributed by atoms with Crippen molar-refractivity contribution in [2.75, 3.05) is 19.9 Å². The predicted molar refractivity (Wildman–Crippen MR) is 139 cm³/mol. The maximum atomic E-state index is 13.2. The van der Waals surface area contributed by atoms with Gasteiger partial charge in [0.25, 0.3) is 0 Å². The highest BCUT2D eigenvalue weighted by molar-refractivity contribution is 7.58. The Morgan fingerprint density at radius 1 is 1.13 bits per heavy atom. The first-order valence-corrected chi connectivity index (χ1v) is 14.3. The molecule has 0 aliphatic carbocycles. The lowest BCUT2D eigenvalue weighted by Crippen LogP contribution is -2.21. The van der Waals surface area contributed by atoms with E-state index >= 15 is 0 Å². The van der Waals surface area contributed by atoms with Gasteiger partial charge in [-0.05, 0) is 42.5 Å². The van der Waals surface area contributed by atoms with E-state index in [4.69, 9.17) is 30.3 Å². The number of hydrogen-bond acceptors (Lipinski definition) is 8. The van der Waals surface area contributed by atoms with Crippen molar-refractivity contribution in [3.63, 3.8) is 0 Å². The highest BCUT2D eigenvalue weighted by Gasteiger charge is 2.34. The molecule has 0 radical (unpaired) electrons. The van der Waals surface area contributed by atoms with Gasteiger partial charge < -0.3 is 18.7 Å². The minimum absolute atomic E-state index is 0.0404. The van der Waals surface area contributed by atoms with Crippen molar-refractivity contribution in [2.24, 2.45) is 5.41 Å². The molecule has 2 atom stereocenters. The molecule has 2 unspecified atom stereocenters. The van der Waals surface area contributed by atoms with Gasteiger partial charge in [0.05, 0.1) is 22.1 Å². The SMILES string of the molecule is CCC(Oc1cc(Oc2ccc(C(F)(F)F)cc2Cl)ccc1[N+](=O)[O-])P(C)(=O)OCC(=O)OCCC(C)(C)C. The Morgan fingerprint density at radius 2 is 1.79 bits per heavy atom. The number of hydrogen-bond donors (Lipinski definition) is 0. The zero-order chi connectivity index (χ0) is 29.6. The van der Waals surface area contributed by atoms with Crippen molar-refractivity contribution in [3.05, 3.63) is 57.1 Å². The van der Waals surface area contributed by atoms with Gasteiger partial charge in [-0.1, -0.05) is 39.3 Å². The number of nitrogens with zero attached hydrogens (tertiary/aromatic N) is 1. The molecule has 0 aliphatic heterocycles. The number of halogens is 4. The van der Waals surface area contributed by atoms with Crippen molar-refractivity contribution in [1.82, 2.24) is 0 Å². The summed E-state index contributed by atoms with van der Waals surface area (Å²) in [5.74, 6) is -2.40. The molecule has 216 valence electrons. The molecular formula is C25H30ClF3NO8P. The van der Waals surface area contributed by atoms with Gasteiger partial charge in [-0.25, -0.2) is 4.79 Å². The number of alkyl halides is 3. The molecule has 0 aromatic heterocycles. The third-order valence-corrected chi connectivity index (χ3v) is 7.76. The molecule has 0 amide bonds. The largest absolute Gasteiger partial charge is 0.473 e. The van der Waals surface area contributed by atoms with E-state index in [0.29, 0.717) is 12.5 Å². The number of carbonyl (C=O) groups is 1. The molecule has 2 aromatic rings. The number of benzene rings is 2. The normalized spacial score (nSPS) is 14.3. The average Bonchev–Trinajstić information content (AvgIpc) is 2.81. The molecule has 0 bridgehead atoms. The predicted octanol–water partition coefficient (Wildman–Crippen LogP) is 8.08. The van der Waals surface area contributed by atoms with Crippen LogP contribution in [-0.4, -0.2) is 36.6 Å². The van der Waals surface area contributed by atoms with Crippen molar-refractivity contribution < 1.29 is 46.2 Å². The molecule has 39 heavy (non-hydrogen) atoms. The Kier molecular flexibility index (Phi) is 10.8. The molecule has 0 saturated heterocycles. The fraction of sp³-hybridized carbons (Fsp3) is 0.480. The first kappa shape index (κ1) is 32.4. The quantitative estimate of drug-likeness (QED) is 0.105. The number of esters is 1. The molecule has 0 spiro atoms. The van der Waals surface area contributed by atoms with Crippen LogP contribution in [0.4, 0.5) is 18.9 Å². The van der Waals surface area contributed by atoms with Crippen LogP contribution in [0.25, 0.3) is 0 Å². The summed E-state index contributed by atoms with van der Waals surface area (Å²) in [6.07, 6.45) is -3.90. The number of rotatable bonds is 12. The van der Waals surface area contributed by atoms with E-state index < -0.39 is 48.1 Å². The van der Waals surface area contributed by atoms with Crippen LogP contribution in [0, 0.1) is 15.5 Å². The van der Waals surface area contributed by atoms with E-state index in [1.54, 1.807) is 6.92 Å². The fourth-order valence-corrected chi connectivity index (χ4v) is 4.84. The zero-order valence-electron chi connectivity index (χ0n) is 22.0. The molecule has 0 aliphatic rings. The summed E-state index contributed by atoms with van der Waals surface area (Å²) in [5, 5.41) is 11.2. The van der Waals surface area contributed by atoms with Gasteiger partial charge in [-0.15, -0.1) is 0 Å². The standard InChI is InChI=1S/C25H30ClF3NO8P/c1-6-23(39(5,34)36-15-22(31)35-12-11-24(2,3)4)38-21-14-17(8-9-19(21)30(32)33)37-20-10-7-16(13-18(20)26)25(27,28)29/h7-10,13-14,23H,6,11-12,15H2,1-5H3. The Labute approximate surface area is 229 Å². The van der Waals surface area contributed by atoms with Gasteiger partial charge in [0.2, 0.25) is 13.1 Å². The van der Waals surface area contributed by atoms with Crippen molar-refractivity contribution in [1.29, 1.82) is 0 Å². The molecule has 2 aromatic carbocycles. The smallest absolute Gasteiger partial charge is 0.416 e. The Morgan fingerprint density at radius 3 is 2.33 bits per heavy atom. The molecule has 9 nitrogen and oxygen atoms in total. The lowest BCUT2D eigenvalue weighted by molar-refractivity contribution is -0.386. The Bertz CT molecular complexity index is 1230. The number of carbonyl (C=O) groups excluding carboxylic acids is 1. The fourth-order valence-electron chi connectivity index (χ4n) is 3.12. The lowest BCUT2D eigenvalue weighted by atomic mass is 9.93. The summed E-state index contributed by atoms with van der Waals surface area (Å²) >= 11 is 5.93. The third kappa shape index (κ3) is 10.0. The first-order valence-electron chi connectivity index (χ1n) is 11.8. The number of nitro groups is 1. The summed E-state index contributed by atoms with van der Waals surface area (Å²) in [4.78, 5) is 22.9. The van der Waals surface area contributed by atoms with E-state index in [9.17, 15) is 32.6 Å². The first-order chi connectivity index (χ1) is 17.9. The summed E-state index contributed by atoms with van der Waals surface area (Å²) in [6, 6.07) is 5.85. The van der Waals surface area contributed by atoms with Crippen molar-refractivity contribution in [3.8, 4) is 17.2 Å². The molecule has 2 rings (SSSR count). The summed E-state index contributed by atoms with van der Waals surface area (Å²) in [6.45, 7) is 8.36. The number of nitro benzene ring substituents is 1. The summed E-state index contributed by atoms with van der Waals surface area (Å²) < 4.78 is 73.6. The van der Waals surface area contributed by atoms with Gasteiger partial charge in [-0.2, -0.15) is 13.2 Å². The van der Waals surface area contributed by atoms with Crippen LogP contribution in [0.1, 0.15) is 46.1 Å². The van der Waals surface area contributed by atoms with Gasteiger partial charge >= 0.3 is 17.8 Å². The van der Waals surface area contributed by atoms with Gasteiger partial charge in [0.15, 0.2) is 12.5 Å². The number of ether oxygens (including phenoxy) is 3. The van der Waals surface area contributed by atoms with Gasteiger partial charge in [0.1, 0.15) is 11.5 Å². The highest BCUT2D eigenvalue weighted by atomic mass is 35.5. The van der Waals surface area contributed by atoms with E-state index in [1.807, 2.05) is 20.8 Å². The molecule has 0 heterocycles. The highest BCUT2D eigenvalue weighted by Crippen LogP contribution is 2.51. The van der Waals surface area contributed by atoms with Crippen molar-refractivity contribution >= 4 is 30.6 Å². The van der Waals surface area contributed by atoms with Crippen molar-refractivity contribution in [2.45, 2.75) is 52.6 Å². The maximum Gasteiger partial charge on any atom is 0.416 e. The summed E-state index contributed by atoms with van der Waals surface area (Å²) in [7, 11) is -3.66. The Balaban J connectivity index is 2.19. The molecular weight excluding hydrogens is 566 g/mol. The monoisotopic (exact) mass is 595 g/mol. The zero-order valence-corrected chi connectivity index (χ0v) is 23.7. The van der Waals surface area contributed by atoms with Crippen LogP contribution < -0.4 is 9.47 Å². The second-order valence-electron chi connectivity index (χ2n) is 9.83. The van der Waals surface area contributed by atoms with Gasteiger partial charge in [0, 0.05) is 18.8 Å². The third-order valence-electron chi connectivity index (χ3n) is 5.30. The minimum atomic E-state index is -4.61. The summed E-state index contributed by atoms with van der Waals surface area (Å²) in [5.41, 5.74) is -1.51. The van der Waals surface area contributed by atoms with Crippen LogP contribution >= 0.6 is 19.0 Å². The molecule has 14 heteroatoms. The minimum Gasteiger partial charge on any atom is -0.473 e. The van der Waals surface area contributed by atoms with E-state index in [2.05, 4.69) is 0 Å².